The lowest BCUT2D eigenvalue weighted by Gasteiger charge is -2.12. The Kier molecular flexibility index (Phi) is 6.39. The number of nitrogens with zero attached hydrogens (tertiary/aromatic N) is 3. The Morgan fingerprint density at radius 3 is 2.41 bits per heavy atom. The highest BCUT2D eigenvalue weighted by atomic mass is 15.3. The quantitative estimate of drug-likeness (QED) is 0.385. The molecule has 0 saturated heterocycles. The first kappa shape index (κ1) is 21.8. The van der Waals surface area contributed by atoms with Crippen molar-refractivity contribution < 1.29 is 0 Å². The number of aryl methyl sites for hydroxylation is 5. The summed E-state index contributed by atoms with van der Waals surface area (Å²) in [4.78, 5) is 0. The third-order valence-corrected chi connectivity index (χ3v) is 6.11. The van der Waals surface area contributed by atoms with E-state index in [-0.39, 0.29) is 0 Å². The Morgan fingerprint density at radius 2 is 1.72 bits per heavy atom. The first-order valence-corrected chi connectivity index (χ1v) is 11.2. The first-order valence-electron chi connectivity index (χ1n) is 11.2. The predicted octanol–water partition coefficient (Wildman–Crippen LogP) is 5.76. The van der Waals surface area contributed by atoms with Crippen LogP contribution in [0.4, 0.5) is 0 Å². The van der Waals surface area contributed by atoms with E-state index in [1.165, 1.54) is 44.5 Å². The van der Waals surface area contributed by atoms with Gasteiger partial charge >= 0.3 is 0 Å². The van der Waals surface area contributed by atoms with Crippen LogP contribution in [-0.4, -0.2) is 16.3 Å². The fourth-order valence-corrected chi connectivity index (χ4v) is 4.68. The van der Waals surface area contributed by atoms with Gasteiger partial charge in [-0.2, -0.15) is 10.4 Å². The second-order valence-corrected chi connectivity index (χ2v) is 8.63. The standard InChI is InChI=1S/C28H30N4/c1-19-15-20(2)27(21(3)16-19)25-8-5-7-24-26(32(4)31-28(24)25)9-6-14-30-18-23-12-10-22(17-29)11-13-23/h5,7-8,10-13,15-16,30H,6,9,14,18H2,1-4H3. The molecule has 0 radical (unpaired) electrons. The van der Waals surface area contributed by atoms with Crippen molar-refractivity contribution in [2.75, 3.05) is 6.54 Å². The van der Waals surface area contributed by atoms with Gasteiger partial charge in [0.1, 0.15) is 5.52 Å². The lowest BCUT2D eigenvalue weighted by Crippen LogP contribution is -2.15. The molecule has 0 saturated carbocycles. The van der Waals surface area contributed by atoms with Crippen LogP contribution in [0.2, 0.25) is 0 Å². The zero-order valence-electron chi connectivity index (χ0n) is 19.4. The van der Waals surface area contributed by atoms with Crippen LogP contribution in [0.1, 0.15) is 39.9 Å². The Hall–Kier alpha value is -3.42. The van der Waals surface area contributed by atoms with Crippen molar-refractivity contribution in [3.63, 3.8) is 0 Å². The van der Waals surface area contributed by atoms with Gasteiger partial charge in [0.25, 0.3) is 0 Å². The van der Waals surface area contributed by atoms with Gasteiger partial charge < -0.3 is 5.32 Å². The van der Waals surface area contributed by atoms with E-state index in [0.29, 0.717) is 5.56 Å². The minimum absolute atomic E-state index is 0.701. The van der Waals surface area contributed by atoms with Crippen molar-refractivity contribution >= 4 is 10.9 Å². The van der Waals surface area contributed by atoms with Gasteiger partial charge in [0, 0.05) is 30.2 Å². The predicted molar refractivity (Wildman–Crippen MR) is 132 cm³/mol. The maximum Gasteiger partial charge on any atom is 0.100 e. The molecule has 0 bridgehead atoms. The van der Waals surface area contributed by atoms with Crippen LogP contribution in [0.3, 0.4) is 0 Å². The topological polar surface area (TPSA) is 53.6 Å². The van der Waals surface area contributed by atoms with Crippen LogP contribution in [0, 0.1) is 32.1 Å². The van der Waals surface area contributed by atoms with E-state index in [1.807, 2.05) is 28.9 Å². The van der Waals surface area contributed by atoms with Crippen molar-refractivity contribution in [2.24, 2.45) is 7.05 Å². The van der Waals surface area contributed by atoms with Crippen LogP contribution in [0.25, 0.3) is 22.0 Å². The van der Waals surface area contributed by atoms with E-state index in [0.717, 1.165) is 31.4 Å². The summed E-state index contributed by atoms with van der Waals surface area (Å²) in [7, 11) is 2.05. The van der Waals surface area contributed by atoms with E-state index >= 15 is 0 Å². The molecule has 3 aromatic carbocycles. The van der Waals surface area contributed by atoms with Crippen LogP contribution >= 0.6 is 0 Å². The molecule has 0 aliphatic carbocycles. The summed E-state index contributed by atoms with van der Waals surface area (Å²) in [5, 5.41) is 18.6. The van der Waals surface area contributed by atoms with Crippen LogP contribution < -0.4 is 5.32 Å². The highest BCUT2D eigenvalue weighted by Crippen LogP contribution is 2.34. The SMILES string of the molecule is Cc1cc(C)c(-c2cccc3c(CCCNCc4ccc(C#N)cc4)n(C)nc23)c(C)c1. The van der Waals surface area contributed by atoms with Gasteiger partial charge in [-0.25, -0.2) is 0 Å². The summed E-state index contributed by atoms with van der Waals surface area (Å²) in [5.74, 6) is 0. The van der Waals surface area contributed by atoms with Gasteiger partial charge in [-0.15, -0.1) is 0 Å². The summed E-state index contributed by atoms with van der Waals surface area (Å²) in [6.45, 7) is 8.28. The first-order chi connectivity index (χ1) is 15.5. The maximum absolute atomic E-state index is 8.91. The zero-order valence-corrected chi connectivity index (χ0v) is 19.4. The normalized spacial score (nSPS) is 11.1. The molecule has 0 aliphatic heterocycles. The van der Waals surface area contributed by atoms with E-state index in [1.54, 1.807) is 0 Å². The molecule has 162 valence electrons. The Balaban J connectivity index is 1.48. The minimum atomic E-state index is 0.701. The molecular weight excluding hydrogens is 392 g/mol. The summed E-state index contributed by atoms with van der Waals surface area (Å²) >= 11 is 0. The molecule has 1 heterocycles. The number of rotatable bonds is 7. The summed E-state index contributed by atoms with van der Waals surface area (Å²) < 4.78 is 2.05. The fraction of sp³-hybridized carbons (Fsp3) is 0.286. The van der Waals surface area contributed by atoms with Gasteiger partial charge in [0.05, 0.1) is 11.6 Å². The highest BCUT2D eigenvalue weighted by Gasteiger charge is 2.16. The van der Waals surface area contributed by atoms with Crippen molar-refractivity contribution in [3.8, 4) is 17.2 Å². The van der Waals surface area contributed by atoms with Gasteiger partial charge in [-0.05, 0) is 74.5 Å². The third kappa shape index (κ3) is 4.44. The summed E-state index contributed by atoms with van der Waals surface area (Å²) in [6.07, 6.45) is 2.01. The van der Waals surface area contributed by atoms with Crippen molar-refractivity contribution in [1.82, 2.24) is 15.1 Å². The molecule has 0 atom stereocenters. The smallest absolute Gasteiger partial charge is 0.100 e. The fourth-order valence-electron chi connectivity index (χ4n) is 4.68. The minimum Gasteiger partial charge on any atom is -0.313 e. The number of hydrogen-bond donors (Lipinski definition) is 1. The number of nitrogens with one attached hydrogen (secondary N) is 1. The molecule has 0 fully saturated rings. The molecule has 4 rings (SSSR count). The molecule has 0 amide bonds. The van der Waals surface area contributed by atoms with Crippen molar-refractivity contribution in [2.45, 2.75) is 40.2 Å². The molecule has 0 unspecified atom stereocenters. The average molecular weight is 423 g/mol. The maximum atomic E-state index is 8.91. The van der Waals surface area contributed by atoms with E-state index in [4.69, 9.17) is 10.4 Å². The van der Waals surface area contributed by atoms with Gasteiger partial charge in [0.15, 0.2) is 0 Å². The monoisotopic (exact) mass is 422 g/mol. The second kappa shape index (κ2) is 9.38. The van der Waals surface area contributed by atoms with E-state index in [2.05, 4.69) is 69.5 Å². The molecule has 0 aliphatic rings. The van der Waals surface area contributed by atoms with Crippen molar-refractivity contribution in [3.05, 3.63) is 88.1 Å². The summed E-state index contributed by atoms with van der Waals surface area (Å²) in [6, 6.07) is 21.0. The molecule has 4 heteroatoms. The Labute approximate surface area is 190 Å². The summed E-state index contributed by atoms with van der Waals surface area (Å²) in [5.41, 5.74) is 10.7. The second-order valence-electron chi connectivity index (χ2n) is 8.63. The molecule has 4 aromatic rings. The van der Waals surface area contributed by atoms with Crippen molar-refractivity contribution in [1.29, 1.82) is 5.26 Å². The lowest BCUT2D eigenvalue weighted by molar-refractivity contribution is 0.625. The van der Waals surface area contributed by atoms with Gasteiger partial charge in [0.2, 0.25) is 0 Å². The molecule has 1 aromatic heterocycles. The number of nitriles is 1. The largest absolute Gasteiger partial charge is 0.313 e. The van der Waals surface area contributed by atoms with E-state index < -0.39 is 0 Å². The van der Waals surface area contributed by atoms with E-state index in [9.17, 15) is 0 Å². The molecular formula is C28H30N4. The number of hydrogen-bond acceptors (Lipinski definition) is 3. The lowest BCUT2D eigenvalue weighted by atomic mass is 9.92. The van der Waals surface area contributed by atoms with Crippen LogP contribution in [0.5, 0.6) is 0 Å². The molecule has 32 heavy (non-hydrogen) atoms. The number of aromatic nitrogens is 2. The number of fused-ring (bicyclic) bond motifs is 1. The molecule has 0 spiro atoms. The Morgan fingerprint density at radius 1 is 1.00 bits per heavy atom. The van der Waals surface area contributed by atoms with Crippen LogP contribution in [0.15, 0.2) is 54.6 Å². The zero-order chi connectivity index (χ0) is 22.7. The average Bonchev–Trinajstić information content (AvgIpc) is 3.09. The third-order valence-electron chi connectivity index (χ3n) is 6.11. The number of benzene rings is 3. The van der Waals surface area contributed by atoms with Gasteiger partial charge in [-0.1, -0.05) is 48.0 Å². The van der Waals surface area contributed by atoms with Gasteiger partial charge in [-0.3, -0.25) is 4.68 Å². The molecule has 4 nitrogen and oxygen atoms in total. The van der Waals surface area contributed by atoms with Crippen LogP contribution in [-0.2, 0) is 20.0 Å². The Bertz CT molecular complexity index is 1270. The molecule has 1 N–H and O–H groups in total. The highest BCUT2D eigenvalue weighted by molar-refractivity contribution is 5.96.